The molecular formula is C28H24N2O12S2. The van der Waals surface area contributed by atoms with Crippen LogP contribution in [0.25, 0.3) is 43.9 Å². The fourth-order valence-corrected chi connectivity index (χ4v) is 7.81. The number of aryl methyl sites for hydroxylation is 2. The molecule has 0 unspecified atom stereocenters. The van der Waals surface area contributed by atoms with E-state index in [9.17, 15) is 26.4 Å². The largest absolute Gasteiger partial charge is 0.495 e. The van der Waals surface area contributed by atoms with E-state index in [1.165, 1.54) is 64.9 Å². The lowest BCUT2D eigenvalue weighted by Crippen LogP contribution is -2.35. The number of methoxy groups -OCH3 is 2. The molecule has 4 heterocycles. The molecule has 4 aromatic heterocycles. The van der Waals surface area contributed by atoms with E-state index in [0.29, 0.717) is 0 Å². The molecule has 2 N–H and O–H groups in total. The van der Waals surface area contributed by atoms with Gasteiger partial charge in [-0.05, 0) is 26.0 Å². The first-order valence-corrected chi connectivity index (χ1v) is 15.9. The van der Waals surface area contributed by atoms with Crippen molar-refractivity contribution >= 4 is 63.9 Å². The minimum absolute atomic E-state index is 0.0852. The number of sulfonamides is 2. The highest BCUT2D eigenvalue weighted by Gasteiger charge is 2.32. The normalized spacial score (nSPS) is 12.5. The zero-order chi connectivity index (χ0) is 31.6. The maximum Gasteiger partial charge on any atom is 0.248 e. The van der Waals surface area contributed by atoms with Gasteiger partial charge in [-0.3, -0.25) is 9.59 Å². The van der Waals surface area contributed by atoms with E-state index in [-0.39, 0.29) is 66.9 Å². The smallest absolute Gasteiger partial charge is 0.248 e. The summed E-state index contributed by atoms with van der Waals surface area (Å²) in [7, 11) is -6.28. The van der Waals surface area contributed by atoms with Gasteiger partial charge in [0.25, 0.3) is 0 Å². The predicted octanol–water partition coefficient (Wildman–Crippen LogP) is 3.28. The van der Waals surface area contributed by atoms with E-state index in [0.717, 1.165) is 0 Å². The van der Waals surface area contributed by atoms with Gasteiger partial charge in [0.1, 0.15) is 33.8 Å². The number of furan rings is 2. The number of nitrogens with one attached hydrogen (secondary N) is 2. The maximum atomic E-state index is 13.6. The molecule has 0 aliphatic heterocycles. The Labute approximate surface area is 248 Å². The fraction of sp³-hybridized carbons (Fsp3) is 0.214. The molecule has 0 atom stereocenters. The minimum atomic E-state index is -4.47. The van der Waals surface area contributed by atoms with E-state index in [4.69, 9.17) is 27.1 Å². The van der Waals surface area contributed by atoms with Gasteiger partial charge in [0.2, 0.25) is 20.0 Å². The minimum Gasteiger partial charge on any atom is -0.495 e. The predicted molar refractivity (Wildman–Crippen MR) is 157 cm³/mol. The Kier molecular flexibility index (Phi) is 7.03. The summed E-state index contributed by atoms with van der Waals surface area (Å²) in [5, 5.41) is 0.253. The van der Waals surface area contributed by atoms with Crippen LogP contribution in [0.2, 0.25) is 0 Å². The Balaban J connectivity index is 1.36. The number of hydrogen-bond donors (Lipinski definition) is 2. The van der Waals surface area contributed by atoms with Crippen LogP contribution in [0.4, 0.5) is 0 Å². The van der Waals surface area contributed by atoms with Crippen LogP contribution in [-0.4, -0.2) is 44.1 Å². The Bertz CT molecular complexity index is 2290. The first kappa shape index (κ1) is 29.4. The third-order valence-corrected chi connectivity index (χ3v) is 9.88. The molecule has 6 aromatic rings. The molecule has 0 aliphatic carbocycles. The summed E-state index contributed by atoms with van der Waals surface area (Å²) < 4.78 is 92.2. The summed E-state index contributed by atoms with van der Waals surface area (Å²) in [6.07, 6.45) is 2.48. The number of rotatable bonds is 9. The standard InChI is InChI=1S/C28H24N2O12S2/c1-13-11-17(31)19-21(37-3)15-5-9-39-23(15)27(25(19)41-13)43(33,34)29-7-8-30-44(35,36)28-24-16(6-10-40-24)22(38-4)20-18(32)12-14(2)42-26(20)28/h5-6,9-12,29-30H,7-8H2,1-4H3. The second kappa shape index (κ2) is 10.5. The molecule has 16 heteroatoms. The number of hydrogen-bond acceptors (Lipinski definition) is 12. The van der Waals surface area contributed by atoms with Crippen molar-refractivity contribution in [1.82, 2.24) is 9.44 Å². The summed E-state index contributed by atoms with van der Waals surface area (Å²) >= 11 is 0. The van der Waals surface area contributed by atoms with Crippen molar-refractivity contribution in [3.8, 4) is 11.5 Å². The molecule has 0 spiro atoms. The van der Waals surface area contributed by atoms with Gasteiger partial charge in [0, 0.05) is 25.2 Å². The molecule has 0 saturated carbocycles. The SMILES string of the molecule is COc1c2ccoc2c(S(=O)(=O)NCCNS(=O)(=O)c2c3occc3c(OC)c3c(=O)cc(C)oc23)c2oc(C)cc(=O)c12. The summed E-state index contributed by atoms with van der Waals surface area (Å²) in [4.78, 5) is 24.8. The maximum absolute atomic E-state index is 13.6. The number of benzene rings is 2. The Morgan fingerprint density at radius 3 is 1.41 bits per heavy atom. The summed E-state index contributed by atoms with van der Waals surface area (Å²) in [6, 6.07) is 5.32. The van der Waals surface area contributed by atoms with Gasteiger partial charge in [0.15, 0.2) is 43.0 Å². The summed E-state index contributed by atoms with van der Waals surface area (Å²) in [5.74, 6) is 0.471. The monoisotopic (exact) mass is 644 g/mol. The lowest BCUT2D eigenvalue weighted by atomic mass is 10.1. The van der Waals surface area contributed by atoms with Gasteiger partial charge in [-0.15, -0.1) is 0 Å². The van der Waals surface area contributed by atoms with Crippen molar-refractivity contribution in [2.24, 2.45) is 0 Å². The Morgan fingerprint density at radius 1 is 0.659 bits per heavy atom. The molecule has 44 heavy (non-hydrogen) atoms. The van der Waals surface area contributed by atoms with Crippen LogP contribution in [0.15, 0.2) is 73.8 Å². The van der Waals surface area contributed by atoms with E-state index < -0.39 is 53.8 Å². The van der Waals surface area contributed by atoms with E-state index in [2.05, 4.69) is 9.44 Å². The highest BCUT2D eigenvalue weighted by molar-refractivity contribution is 7.90. The first-order valence-electron chi connectivity index (χ1n) is 12.9. The van der Waals surface area contributed by atoms with Crippen molar-refractivity contribution in [2.75, 3.05) is 27.3 Å². The molecule has 230 valence electrons. The third kappa shape index (κ3) is 4.54. The van der Waals surface area contributed by atoms with Crippen LogP contribution in [0.5, 0.6) is 11.5 Å². The molecule has 14 nitrogen and oxygen atoms in total. The first-order chi connectivity index (χ1) is 20.9. The zero-order valence-electron chi connectivity index (χ0n) is 23.6. The zero-order valence-corrected chi connectivity index (χ0v) is 25.2. The molecule has 0 bridgehead atoms. The number of fused-ring (bicyclic) bond motifs is 4. The number of ether oxygens (including phenoxy) is 2. The van der Waals surface area contributed by atoms with Crippen molar-refractivity contribution in [1.29, 1.82) is 0 Å². The van der Waals surface area contributed by atoms with Crippen LogP contribution in [0.1, 0.15) is 11.5 Å². The average molecular weight is 645 g/mol. The van der Waals surface area contributed by atoms with Crippen LogP contribution < -0.4 is 29.8 Å². The van der Waals surface area contributed by atoms with Crippen LogP contribution in [-0.2, 0) is 20.0 Å². The highest BCUT2D eigenvalue weighted by atomic mass is 32.2. The molecule has 0 fully saturated rings. The van der Waals surface area contributed by atoms with Crippen LogP contribution in [0, 0.1) is 13.8 Å². The molecule has 6 rings (SSSR count). The second-order valence-corrected chi connectivity index (χ2v) is 13.1. The van der Waals surface area contributed by atoms with Crippen LogP contribution >= 0.6 is 0 Å². The quantitative estimate of drug-likeness (QED) is 0.218. The topological polar surface area (TPSA) is 197 Å². The second-order valence-electron chi connectivity index (χ2n) is 9.70. The molecule has 0 amide bonds. The Hall–Kier alpha value is -4.64. The third-order valence-electron chi connectivity index (χ3n) is 6.90. The van der Waals surface area contributed by atoms with Gasteiger partial charge >= 0.3 is 0 Å². The van der Waals surface area contributed by atoms with Gasteiger partial charge in [-0.2, -0.15) is 0 Å². The molecule has 0 radical (unpaired) electrons. The Morgan fingerprint density at radius 2 is 1.05 bits per heavy atom. The van der Waals surface area contributed by atoms with Gasteiger partial charge in [0.05, 0.1) is 37.5 Å². The van der Waals surface area contributed by atoms with Crippen molar-refractivity contribution in [3.05, 3.63) is 68.8 Å². The lowest BCUT2D eigenvalue weighted by Gasteiger charge is -2.14. The molecule has 0 saturated heterocycles. The van der Waals surface area contributed by atoms with Gasteiger partial charge in [-0.1, -0.05) is 0 Å². The van der Waals surface area contributed by atoms with E-state index in [1.54, 1.807) is 0 Å². The van der Waals surface area contributed by atoms with Crippen molar-refractivity contribution < 1.29 is 44.0 Å². The van der Waals surface area contributed by atoms with Crippen molar-refractivity contribution in [3.63, 3.8) is 0 Å². The van der Waals surface area contributed by atoms with Gasteiger partial charge < -0.3 is 27.1 Å². The van der Waals surface area contributed by atoms with E-state index >= 15 is 0 Å². The molecule has 0 aliphatic rings. The van der Waals surface area contributed by atoms with Crippen molar-refractivity contribution in [2.45, 2.75) is 23.6 Å². The van der Waals surface area contributed by atoms with Gasteiger partial charge in [-0.25, -0.2) is 26.3 Å². The molecule has 2 aromatic carbocycles. The molecular weight excluding hydrogens is 620 g/mol. The highest BCUT2D eigenvalue weighted by Crippen LogP contribution is 2.41. The fourth-order valence-electron chi connectivity index (χ4n) is 5.20. The lowest BCUT2D eigenvalue weighted by molar-refractivity contribution is 0.422. The summed E-state index contributed by atoms with van der Waals surface area (Å²) in [5.41, 5.74) is -1.84. The van der Waals surface area contributed by atoms with E-state index in [1.807, 2.05) is 0 Å². The summed E-state index contributed by atoms with van der Waals surface area (Å²) in [6.45, 7) is 2.10. The average Bonchev–Trinajstić information content (AvgIpc) is 3.62. The van der Waals surface area contributed by atoms with Crippen LogP contribution in [0.3, 0.4) is 0 Å².